The maximum Gasteiger partial charge on any atom is 0.323 e. The Bertz CT molecular complexity index is 1400. The Labute approximate surface area is 233 Å². The molecule has 1 saturated heterocycles. The summed E-state index contributed by atoms with van der Waals surface area (Å²) in [6.07, 6.45) is 8.91. The average Bonchev–Trinajstić information content (AvgIpc) is 3.54. The van der Waals surface area contributed by atoms with Crippen molar-refractivity contribution in [1.82, 2.24) is 20.1 Å². The molecule has 1 saturated carbocycles. The molecular formula is C30H34N6O4. The number of nitrogens with one attached hydrogen (secondary N) is 3. The van der Waals surface area contributed by atoms with Crippen LogP contribution >= 0.6 is 0 Å². The van der Waals surface area contributed by atoms with Crippen LogP contribution in [0.15, 0.2) is 60.8 Å². The molecule has 0 bridgehead atoms. The molecule has 3 aromatic rings. The van der Waals surface area contributed by atoms with E-state index in [-0.39, 0.29) is 29.7 Å². The van der Waals surface area contributed by atoms with Crippen molar-refractivity contribution in [1.29, 1.82) is 0 Å². The van der Waals surface area contributed by atoms with Crippen LogP contribution < -0.4 is 10.6 Å². The lowest BCUT2D eigenvalue weighted by Crippen LogP contribution is -2.36. The molecule has 2 aliphatic rings. The molecule has 2 atom stereocenters. The largest absolute Gasteiger partial charge is 0.468 e. The first kappa shape index (κ1) is 27.3. The Morgan fingerprint density at radius 2 is 1.95 bits per heavy atom. The number of rotatable bonds is 10. The van der Waals surface area contributed by atoms with Crippen LogP contribution in [-0.2, 0) is 19.1 Å². The smallest absolute Gasteiger partial charge is 0.323 e. The van der Waals surface area contributed by atoms with Crippen molar-refractivity contribution in [3.05, 3.63) is 72.1 Å². The van der Waals surface area contributed by atoms with Gasteiger partial charge in [0.15, 0.2) is 5.82 Å². The number of carbonyl (C=O) groups excluding carboxylic acids is 3. The third-order valence-electron chi connectivity index (χ3n) is 7.44. The zero-order chi connectivity index (χ0) is 28.1. The minimum absolute atomic E-state index is 0.124. The maximum atomic E-state index is 12.9. The topological polar surface area (TPSA) is 129 Å². The molecule has 0 radical (unpaired) electrons. The van der Waals surface area contributed by atoms with Gasteiger partial charge < -0.3 is 15.4 Å². The number of esters is 1. The van der Waals surface area contributed by atoms with E-state index in [0.29, 0.717) is 24.1 Å². The lowest BCUT2D eigenvalue weighted by atomic mass is 9.96. The summed E-state index contributed by atoms with van der Waals surface area (Å²) in [5.41, 5.74) is 3.74. The first-order chi connectivity index (χ1) is 19.4. The van der Waals surface area contributed by atoms with E-state index in [1.165, 1.54) is 13.2 Å². The van der Waals surface area contributed by atoms with E-state index in [4.69, 9.17) is 4.74 Å². The van der Waals surface area contributed by atoms with E-state index < -0.39 is 0 Å². The second-order valence-electron chi connectivity index (χ2n) is 10.3. The maximum absolute atomic E-state index is 12.9. The van der Waals surface area contributed by atoms with E-state index in [1.807, 2.05) is 48.2 Å². The molecule has 1 aliphatic heterocycles. The minimum atomic E-state index is -0.372. The number of aromatic nitrogens is 3. The molecule has 1 aliphatic carbocycles. The summed E-state index contributed by atoms with van der Waals surface area (Å²) < 4.78 is 4.86. The van der Waals surface area contributed by atoms with Crippen LogP contribution in [0.5, 0.6) is 0 Å². The first-order valence-electron chi connectivity index (χ1n) is 13.6. The van der Waals surface area contributed by atoms with E-state index in [0.717, 1.165) is 54.6 Å². The average molecular weight is 543 g/mol. The van der Waals surface area contributed by atoms with Crippen molar-refractivity contribution < 1.29 is 19.1 Å². The number of likely N-dealkylation sites (tertiary alicyclic amines) is 1. The highest BCUT2D eigenvalue weighted by molar-refractivity contribution is 5.98. The predicted octanol–water partition coefficient (Wildman–Crippen LogP) is 4.22. The highest BCUT2D eigenvalue weighted by atomic mass is 16.5. The van der Waals surface area contributed by atoms with E-state index in [9.17, 15) is 14.4 Å². The summed E-state index contributed by atoms with van der Waals surface area (Å²) in [5, 5.41) is 12.9. The highest BCUT2D eigenvalue weighted by Gasteiger charge is 2.30. The number of carbonyl (C=O) groups is 3. The van der Waals surface area contributed by atoms with E-state index in [1.54, 1.807) is 18.3 Å². The van der Waals surface area contributed by atoms with Gasteiger partial charge in [-0.05, 0) is 62.4 Å². The Morgan fingerprint density at radius 1 is 1.10 bits per heavy atom. The molecule has 10 nitrogen and oxygen atoms in total. The summed E-state index contributed by atoms with van der Waals surface area (Å²) in [5.74, 6) is 0.493. The van der Waals surface area contributed by atoms with Gasteiger partial charge in [-0.25, -0.2) is 4.98 Å². The van der Waals surface area contributed by atoms with Crippen molar-refractivity contribution in [2.24, 2.45) is 0 Å². The van der Waals surface area contributed by atoms with Gasteiger partial charge >= 0.3 is 5.97 Å². The van der Waals surface area contributed by atoms with Gasteiger partial charge in [0.25, 0.3) is 0 Å². The highest BCUT2D eigenvalue weighted by Crippen LogP contribution is 2.39. The van der Waals surface area contributed by atoms with Crippen LogP contribution in [0, 0.1) is 0 Å². The number of anilines is 2. The summed E-state index contributed by atoms with van der Waals surface area (Å²) in [4.78, 5) is 43.5. The van der Waals surface area contributed by atoms with Crippen LogP contribution in [0.2, 0.25) is 0 Å². The van der Waals surface area contributed by atoms with Gasteiger partial charge in [0.2, 0.25) is 11.8 Å². The fourth-order valence-corrected chi connectivity index (χ4v) is 4.93. The fraction of sp³-hybridized carbons (Fsp3) is 0.367. The Morgan fingerprint density at radius 3 is 2.70 bits per heavy atom. The van der Waals surface area contributed by atoms with Crippen molar-refractivity contribution in [2.45, 2.75) is 50.5 Å². The third-order valence-corrected chi connectivity index (χ3v) is 7.44. The zero-order valence-corrected chi connectivity index (χ0v) is 22.7. The monoisotopic (exact) mass is 542 g/mol. The van der Waals surface area contributed by atoms with E-state index >= 15 is 0 Å². The number of ether oxygens (including phenoxy) is 1. The summed E-state index contributed by atoms with van der Waals surface area (Å²) >= 11 is 0. The number of methoxy groups -OCH3 is 1. The second kappa shape index (κ2) is 12.3. The molecule has 40 heavy (non-hydrogen) atoms. The van der Waals surface area contributed by atoms with Crippen LogP contribution in [-0.4, -0.2) is 64.1 Å². The van der Waals surface area contributed by atoms with Gasteiger partial charge in [0.1, 0.15) is 11.9 Å². The molecule has 0 spiro atoms. The first-order valence-corrected chi connectivity index (χ1v) is 13.6. The molecule has 2 unspecified atom stereocenters. The number of hydrogen-bond acceptors (Lipinski definition) is 7. The number of aromatic amines is 1. The minimum Gasteiger partial charge on any atom is -0.468 e. The normalized spacial score (nSPS) is 18.0. The number of H-pyrrole nitrogens is 1. The van der Waals surface area contributed by atoms with Crippen molar-refractivity contribution in [2.75, 3.05) is 30.8 Å². The van der Waals surface area contributed by atoms with Gasteiger partial charge in [-0.15, -0.1) is 0 Å². The van der Waals surface area contributed by atoms with Crippen LogP contribution in [0.4, 0.5) is 11.6 Å². The van der Waals surface area contributed by atoms with Gasteiger partial charge in [-0.1, -0.05) is 30.3 Å². The number of hydrogen-bond donors (Lipinski definition) is 3. The molecule has 2 fully saturated rings. The molecule has 10 heteroatoms. The van der Waals surface area contributed by atoms with Gasteiger partial charge in [0.05, 0.1) is 13.0 Å². The van der Waals surface area contributed by atoms with Gasteiger partial charge in [-0.3, -0.25) is 24.4 Å². The van der Waals surface area contributed by atoms with E-state index in [2.05, 4.69) is 25.8 Å². The predicted molar refractivity (Wildman–Crippen MR) is 152 cm³/mol. The van der Waals surface area contributed by atoms with Crippen molar-refractivity contribution >= 4 is 29.4 Å². The summed E-state index contributed by atoms with van der Waals surface area (Å²) in [7, 11) is 1.39. The molecule has 2 amide bonds. The molecule has 3 heterocycles. The zero-order valence-electron chi connectivity index (χ0n) is 22.7. The Balaban J connectivity index is 1.15. The lowest BCUT2D eigenvalue weighted by Gasteiger charge is -2.20. The third kappa shape index (κ3) is 6.63. The Kier molecular flexibility index (Phi) is 8.35. The number of amides is 2. The summed E-state index contributed by atoms with van der Waals surface area (Å²) in [6, 6.07) is 13.1. The fourth-order valence-electron chi connectivity index (χ4n) is 4.93. The lowest BCUT2D eigenvalue weighted by molar-refractivity contribution is -0.145. The molecule has 208 valence electrons. The van der Waals surface area contributed by atoms with Crippen molar-refractivity contribution in [3.8, 4) is 11.1 Å². The van der Waals surface area contributed by atoms with Crippen LogP contribution in [0.25, 0.3) is 11.1 Å². The number of pyridine rings is 1. The SMILES string of the molecule is COC(=O)C1CCCN1C/C=C/C(=O)Nc1ccc(-c2cccc(C(C)C(=O)Nc3cc(C4CC4)[nH]n3)c2)cn1. The molecule has 1 aromatic carbocycles. The molecular weight excluding hydrogens is 508 g/mol. The van der Waals surface area contributed by atoms with Crippen LogP contribution in [0.1, 0.15) is 55.7 Å². The quantitative estimate of drug-likeness (QED) is 0.258. The van der Waals surface area contributed by atoms with Crippen molar-refractivity contribution in [3.63, 3.8) is 0 Å². The van der Waals surface area contributed by atoms with Gasteiger partial charge in [-0.2, -0.15) is 5.10 Å². The number of nitrogens with zero attached hydrogens (tertiary/aromatic N) is 3. The Hall–Kier alpha value is -4.31. The second-order valence-corrected chi connectivity index (χ2v) is 10.3. The standard InChI is InChI=1S/C30H34N6O4/c1-19(29(38)33-27-17-24(34-35-27)20-10-11-20)21-6-3-7-22(16-21)23-12-13-26(31-18-23)32-28(37)9-5-15-36-14-4-8-25(36)30(39)40-2/h3,5-7,9,12-13,16-20,25H,4,8,10-11,14-15H2,1-2H3,(H,31,32,37)(H2,33,34,35,38)/b9-5+. The van der Waals surface area contributed by atoms with Crippen LogP contribution in [0.3, 0.4) is 0 Å². The molecule has 2 aromatic heterocycles. The molecule has 3 N–H and O–H groups in total. The molecule has 5 rings (SSSR count). The van der Waals surface area contributed by atoms with Gasteiger partial charge in [0, 0.05) is 42.1 Å². The number of benzene rings is 1. The summed E-state index contributed by atoms with van der Waals surface area (Å²) in [6.45, 7) is 3.16.